The standard InChI is InChI=1S/C21H29N5O/c1-13(2)18(14(3)19(22-5)26-21(4)8-9-21)20(27)25-11-16-10-24-17(12-23-16)15-6-7-15/h10,12,15,26H,5-9,11H2,1-4H3,(H,25,27)/b19-14-. The van der Waals surface area contributed by atoms with Crippen molar-refractivity contribution < 1.29 is 4.79 Å². The van der Waals surface area contributed by atoms with Crippen molar-refractivity contribution in [3.63, 3.8) is 0 Å². The first-order chi connectivity index (χ1) is 12.8. The molecule has 0 aliphatic heterocycles. The summed E-state index contributed by atoms with van der Waals surface area (Å²) in [7, 11) is 0. The van der Waals surface area contributed by atoms with Gasteiger partial charge in [-0.1, -0.05) is 5.57 Å². The van der Waals surface area contributed by atoms with Gasteiger partial charge in [-0.25, -0.2) is 4.99 Å². The quantitative estimate of drug-likeness (QED) is 0.419. The zero-order valence-corrected chi connectivity index (χ0v) is 16.7. The van der Waals surface area contributed by atoms with E-state index >= 15 is 0 Å². The van der Waals surface area contributed by atoms with Gasteiger partial charge in [0, 0.05) is 28.8 Å². The maximum absolute atomic E-state index is 12.8. The molecule has 1 aromatic rings. The van der Waals surface area contributed by atoms with Crippen molar-refractivity contribution in [2.75, 3.05) is 0 Å². The van der Waals surface area contributed by atoms with Crippen LogP contribution >= 0.6 is 0 Å². The van der Waals surface area contributed by atoms with E-state index in [1.165, 1.54) is 12.8 Å². The minimum Gasteiger partial charge on any atom is -0.365 e. The smallest absolute Gasteiger partial charge is 0.251 e. The highest BCUT2D eigenvalue weighted by atomic mass is 16.1. The van der Waals surface area contributed by atoms with Crippen LogP contribution in [0.25, 0.3) is 0 Å². The third-order valence-electron chi connectivity index (χ3n) is 5.19. The molecule has 1 amide bonds. The maximum atomic E-state index is 12.8. The van der Waals surface area contributed by atoms with Crippen LogP contribution in [0.1, 0.15) is 70.7 Å². The summed E-state index contributed by atoms with van der Waals surface area (Å²) in [5.41, 5.74) is 4.26. The number of aromatic nitrogens is 2. The Bertz CT molecular complexity index is 794. The number of nitrogens with one attached hydrogen (secondary N) is 2. The normalized spacial score (nSPS) is 18.2. The predicted octanol–water partition coefficient (Wildman–Crippen LogP) is 3.38. The van der Waals surface area contributed by atoms with Gasteiger partial charge in [-0.3, -0.25) is 14.8 Å². The van der Waals surface area contributed by atoms with E-state index in [0.717, 1.165) is 35.4 Å². The summed E-state index contributed by atoms with van der Waals surface area (Å²) >= 11 is 0. The molecule has 0 saturated heterocycles. The number of carbonyl (C=O) groups is 1. The van der Waals surface area contributed by atoms with Crippen LogP contribution in [-0.2, 0) is 11.3 Å². The van der Waals surface area contributed by atoms with Gasteiger partial charge in [0.2, 0.25) is 0 Å². The molecule has 0 aromatic carbocycles. The molecular weight excluding hydrogens is 338 g/mol. The van der Waals surface area contributed by atoms with Gasteiger partial charge in [0.1, 0.15) is 5.82 Å². The average molecular weight is 367 g/mol. The summed E-state index contributed by atoms with van der Waals surface area (Å²) in [4.78, 5) is 25.9. The topological polar surface area (TPSA) is 79.3 Å². The lowest BCUT2D eigenvalue weighted by molar-refractivity contribution is -0.117. The Morgan fingerprint density at radius 3 is 2.44 bits per heavy atom. The zero-order chi connectivity index (χ0) is 19.6. The van der Waals surface area contributed by atoms with Crippen LogP contribution in [0, 0.1) is 0 Å². The third-order valence-corrected chi connectivity index (χ3v) is 5.19. The second kappa shape index (κ2) is 7.62. The molecule has 27 heavy (non-hydrogen) atoms. The molecule has 0 radical (unpaired) electrons. The van der Waals surface area contributed by atoms with Crippen LogP contribution in [0.4, 0.5) is 0 Å². The van der Waals surface area contributed by atoms with E-state index in [-0.39, 0.29) is 11.4 Å². The first kappa shape index (κ1) is 19.3. The molecular formula is C21H29N5O. The molecule has 2 aliphatic carbocycles. The van der Waals surface area contributed by atoms with E-state index in [0.29, 0.717) is 23.9 Å². The summed E-state index contributed by atoms with van der Waals surface area (Å²) < 4.78 is 0. The number of amides is 1. The van der Waals surface area contributed by atoms with E-state index in [1.807, 2.05) is 27.0 Å². The second-order valence-electron chi connectivity index (χ2n) is 8.08. The van der Waals surface area contributed by atoms with Crippen LogP contribution in [0.3, 0.4) is 0 Å². The van der Waals surface area contributed by atoms with Gasteiger partial charge in [-0.2, -0.15) is 0 Å². The monoisotopic (exact) mass is 367 g/mol. The van der Waals surface area contributed by atoms with Crippen molar-refractivity contribution in [3.8, 4) is 0 Å². The molecule has 0 bridgehead atoms. The van der Waals surface area contributed by atoms with E-state index < -0.39 is 0 Å². The molecule has 6 nitrogen and oxygen atoms in total. The van der Waals surface area contributed by atoms with Gasteiger partial charge >= 0.3 is 0 Å². The van der Waals surface area contributed by atoms with Crippen LogP contribution in [0.15, 0.2) is 39.9 Å². The Morgan fingerprint density at radius 1 is 1.26 bits per heavy atom. The highest BCUT2D eigenvalue weighted by molar-refractivity contribution is 5.98. The molecule has 0 spiro atoms. The van der Waals surface area contributed by atoms with Crippen LogP contribution < -0.4 is 10.6 Å². The lowest BCUT2D eigenvalue weighted by Gasteiger charge is -2.18. The van der Waals surface area contributed by atoms with E-state index in [4.69, 9.17) is 0 Å². The molecule has 1 heterocycles. The molecule has 2 N–H and O–H groups in total. The fourth-order valence-corrected chi connectivity index (χ4v) is 3.05. The highest BCUT2D eigenvalue weighted by Gasteiger charge is 2.38. The van der Waals surface area contributed by atoms with E-state index in [1.54, 1.807) is 6.20 Å². The average Bonchev–Trinajstić information content (AvgIpc) is 3.55. The Balaban J connectivity index is 1.69. The molecule has 0 atom stereocenters. The molecule has 2 aliphatic rings. The molecule has 2 saturated carbocycles. The van der Waals surface area contributed by atoms with Gasteiger partial charge in [-0.05, 0) is 60.1 Å². The minimum absolute atomic E-state index is 0.0694. The van der Waals surface area contributed by atoms with Crippen molar-refractivity contribution in [1.29, 1.82) is 0 Å². The predicted molar refractivity (Wildman–Crippen MR) is 107 cm³/mol. The maximum Gasteiger partial charge on any atom is 0.251 e. The third kappa shape index (κ3) is 4.81. The summed E-state index contributed by atoms with van der Waals surface area (Å²) in [6, 6.07) is 0. The number of rotatable bonds is 8. The largest absolute Gasteiger partial charge is 0.365 e. The van der Waals surface area contributed by atoms with Gasteiger partial charge in [0.15, 0.2) is 0 Å². The Morgan fingerprint density at radius 2 is 1.96 bits per heavy atom. The van der Waals surface area contributed by atoms with Gasteiger partial charge in [0.25, 0.3) is 5.91 Å². The van der Waals surface area contributed by atoms with Gasteiger partial charge < -0.3 is 10.6 Å². The number of hydrogen-bond donors (Lipinski definition) is 2. The van der Waals surface area contributed by atoms with E-state index in [9.17, 15) is 4.79 Å². The van der Waals surface area contributed by atoms with Gasteiger partial charge in [0.05, 0.1) is 24.1 Å². The fraction of sp³-hybridized carbons (Fsp3) is 0.524. The molecule has 2 fully saturated rings. The highest BCUT2D eigenvalue weighted by Crippen LogP contribution is 2.38. The van der Waals surface area contributed by atoms with Crippen LogP contribution in [0.5, 0.6) is 0 Å². The number of nitrogens with zero attached hydrogens (tertiary/aromatic N) is 3. The van der Waals surface area contributed by atoms with Crippen LogP contribution in [-0.4, -0.2) is 28.1 Å². The zero-order valence-electron chi connectivity index (χ0n) is 16.7. The Labute approximate surface area is 161 Å². The fourth-order valence-electron chi connectivity index (χ4n) is 3.05. The number of hydrogen-bond acceptors (Lipinski definition) is 5. The molecule has 144 valence electrons. The first-order valence-corrected chi connectivity index (χ1v) is 9.55. The molecule has 1 aromatic heterocycles. The summed E-state index contributed by atoms with van der Waals surface area (Å²) in [5, 5.41) is 6.38. The second-order valence-corrected chi connectivity index (χ2v) is 8.08. The lowest BCUT2D eigenvalue weighted by Crippen LogP contribution is -2.30. The van der Waals surface area contributed by atoms with Crippen LogP contribution in [0.2, 0.25) is 0 Å². The van der Waals surface area contributed by atoms with Crippen molar-refractivity contribution in [3.05, 3.63) is 46.3 Å². The number of carbonyl (C=O) groups excluding carboxylic acids is 1. The summed E-state index contributed by atoms with van der Waals surface area (Å²) in [5.74, 6) is 1.12. The lowest BCUT2D eigenvalue weighted by atomic mass is 10.0. The Hall–Kier alpha value is -2.50. The molecule has 6 heteroatoms. The molecule has 3 rings (SSSR count). The SMILES string of the molecule is C=N/C(NC1(C)CC1)=C(\C)C(C(=O)NCc1cnc(C2CC2)cn1)=C(C)C. The summed E-state index contributed by atoms with van der Waals surface area (Å²) in [6.07, 6.45) is 8.19. The van der Waals surface area contributed by atoms with Crippen molar-refractivity contribution in [2.24, 2.45) is 4.99 Å². The number of allylic oxidation sites excluding steroid dienone is 1. The van der Waals surface area contributed by atoms with E-state index in [2.05, 4.69) is 39.2 Å². The van der Waals surface area contributed by atoms with Crippen molar-refractivity contribution in [1.82, 2.24) is 20.6 Å². The molecule has 0 unspecified atom stereocenters. The summed E-state index contributed by atoms with van der Waals surface area (Å²) in [6.45, 7) is 12.0. The number of aliphatic imine (C=N–C) groups is 1. The Kier molecular flexibility index (Phi) is 5.44. The van der Waals surface area contributed by atoms with Crippen molar-refractivity contribution >= 4 is 12.6 Å². The van der Waals surface area contributed by atoms with Gasteiger partial charge in [-0.15, -0.1) is 0 Å². The first-order valence-electron chi connectivity index (χ1n) is 9.55. The minimum atomic E-state index is -0.135. The van der Waals surface area contributed by atoms with Crippen molar-refractivity contribution in [2.45, 2.75) is 71.4 Å².